The second kappa shape index (κ2) is 7.63. The third-order valence-electron chi connectivity index (χ3n) is 4.24. The molecule has 8 heteroatoms. The van der Waals surface area contributed by atoms with Crippen molar-refractivity contribution in [1.29, 1.82) is 0 Å². The molecule has 28 heavy (non-hydrogen) atoms. The zero-order valence-corrected chi connectivity index (χ0v) is 14.8. The third kappa shape index (κ3) is 3.64. The van der Waals surface area contributed by atoms with E-state index in [0.29, 0.717) is 17.1 Å². The van der Waals surface area contributed by atoms with E-state index in [1.807, 2.05) is 30.3 Å². The van der Waals surface area contributed by atoms with E-state index in [-0.39, 0.29) is 18.8 Å². The SMILES string of the molecule is O=c1oc2cc(NCC(O)CO)ccc2cc1-n1cnc(-c2ccccc2)n1. The van der Waals surface area contributed by atoms with E-state index in [4.69, 9.17) is 9.52 Å². The van der Waals surface area contributed by atoms with Crippen molar-refractivity contribution in [2.75, 3.05) is 18.5 Å². The first kappa shape index (κ1) is 17.9. The van der Waals surface area contributed by atoms with E-state index >= 15 is 0 Å². The highest BCUT2D eigenvalue weighted by molar-refractivity contribution is 5.81. The molecule has 0 amide bonds. The van der Waals surface area contributed by atoms with Gasteiger partial charge in [0.15, 0.2) is 11.5 Å². The molecule has 3 N–H and O–H groups in total. The van der Waals surface area contributed by atoms with Gasteiger partial charge in [0.2, 0.25) is 0 Å². The van der Waals surface area contributed by atoms with E-state index in [1.54, 1.807) is 24.3 Å². The average Bonchev–Trinajstić information content (AvgIpc) is 3.22. The summed E-state index contributed by atoms with van der Waals surface area (Å²) in [6.07, 6.45) is 0.614. The molecule has 1 atom stereocenters. The summed E-state index contributed by atoms with van der Waals surface area (Å²) in [4.78, 5) is 16.7. The molecule has 2 heterocycles. The number of anilines is 1. The molecule has 0 aliphatic rings. The van der Waals surface area contributed by atoms with Gasteiger partial charge in [-0.2, -0.15) is 0 Å². The number of nitrogens with one attached hydrogen (secondary N) is 1. The van der Waals surface area contributed by atoms with Crippen molar-refractivity contribution in [3.63, 3.8) is 0 Å². The van der Waals surface area contributed by atoms with E-state index in [2.05, 4.69) is 15.4 Å². The summed E-state index contributed by atoms with van der Waals surface area (Å²) in [6, 6.07) is 16.4. The van der Waals surface area contributed by atoms with Crippen molar-refractivity contribution in [1.82, 2.24) is 14.8 Å². The predicted octanol–water partition coefficient (Wildman–Crippen LogP) is 1.81. The highest BCUT2D eigenvalue weighted by atomic mass is 16.4. The lowest BCUT2D eigenvalue weighted by Crippen LogP contribution is -2.22. The highest BCUT2D eigenvalue weighted by Crippen LogP contribution is 2.21. The van der Waals surface area contributed by atoms with Gasteiger partial charge in [-0.25, -0.2) is 14.5 Å². The van der Waals surface area contributed by atoms with Gasteiger partial charge < -0.3 is 19.9 Å². The molecular weight excluding hydrogens is 360 g/mol. The first-order valence-corrected chi connectivity index (χ1v) is 8.72. The Morgan fingerprint density at radius 3 is 2.75 bits per heavy atom. The number of rotatable bonds is 6. The van der Waals surface area contributed by atoms with Crippen LogP contribution in [0.1, 0.15) is 0 Å². The van der Waals surface area contributed by atoms with Gasteiger partial charge in [0, 0.05) is 29.2 Å². The zero-order chi connectivity index (χ0) is 19.5. The minimum Gasteiger partial charge on any atom is -0.421 e. The van der Waals surface area contributed by atoms with Crippen molar-refractivity contribution in [2.24, 2.45) is 0 Å². The first-order chi connectivity index (χ1) is 13.6. The van der Waals surface area contributed by atoms with Crippen molar-refractivity contribution >= 4 is 16.7 Å². The fraction of sp³-hybridized carbons (Fsp3) is 0.150. The van der Waals surface area contributed by atoms with Crippen LogP contribution < -0.4 is 10.9 Å². The molecule has 0 bridgehead atoms. The molecule has 0 spiro atoms. The molecule has 2 aromatic carbocycles. The van der Waals surface area contributed by atoms with Gasteiger partial charge >= 0.3 is 5.63 Å². The number of aliphatic hydroxyl groups excluding tert-OH is 2. The van der Waals surface area contributed by atoms with Gasteiger partial charge in [-0.05, 0) is 18.2 Å². The van der Waals surface area contributed by atoms with Gasteiger partial charge in [-0.1, -0.05) is 30.3 Å². The van der Waals surface area contributed by atoms with Crippen LogP contribution in [0.25, 0.3) is 28.0 Å². The Morgan fingerprint density at radius 1 is 1.14 bits per heavy atom. The maximum Gasteiger partial charge on any atom is 0.362 e. The molecule has 4 rings (SSSR count). The Balaban J connectivity index is 1.65. The van der Waals surface area contributed by atoms with Crippen molar-refractivity contribution in [2.45, 2.75) is 6.10 Å². The van der Waals surface area contributed by atoms with Crippen LogP contribution in [-0.2, 0) is 0 Å². The quantitative estimate of drug-likeness (QED) is 0.439. The zero-order valence-electron chi connectivity index (χ0n) is 14.8. The standard InChI is InChI=1S/C20H18N4O4/c25-11-16(26)10-21-15-7-6-14-8-17(20(27)28-18(14)9-15)24-12-22-19(23-24)13-4-2-1-3-5-13/h1-9,12,16,21,25-26H,10-11H2. The van der Waals surface area contributed by atoms with Gasteiger partial charge in [0.1, 0.15) is 11.9 Å². The summed E-state index contributed by atoms with van der Waals surface area (Å²) in [5, 5.41) is 26.4. The number of aliphatic hydroxyl groups is 2. The Bertz CT molecular complexity index is 1150. The second-order valence-electron chi connectivity index (χ2n) is 6.27. The van der Waals surface area contributed by atoms with Gasteiger partial charge in [0.05, 0.1) is 12.7 Å². The maximum atomic E-state index is 12.5. The molecule has 0 aliphatic carbocycles. The topological polar surface area (TPSA) is 113 Å². The maximum absolute atomic E-state index is 12.5. The Kier molecular flexibility index (Phi) is 4.88. The number of fused-ring (bicyclic) bond motifs is 1. The summed E-state index contributed by atoms with van der Waals surface area (Å²) in [5.41, 5.74) is 1.65. The molecule has 142 valence electrons. The van der Waals surface area contributed by atoms with Crippen LogP contribution in [0.2, 0.25) is 0 Å². The third-order valence-corrected chi connectivity index (χ3v) is 4.24. The van der Waals surface area contributed by atoms with Crippen LogP contribution in [0.5, 0.6) is 0 Å². The smallest absolute Gasteiger partial charge is 0.362 e. The number of nitrogens with zero attached hydrogens (tertiary/aromatic N) is 3. The molecule has 0 saturated carbocycles. The van der Waals surface area contributed by atoms with Crippen LogP contribution in [0.15, 0.2) is 70.1 Å². The lowest BCUT2D eigenvalue weighted by atomic mass is 10.2. The lowest BCUT2D eigenvalue weighted by Gasteiger charge is -2.10. The molecule has 1 unspecified atom stereocenters. The predicted molar refractivity (Wildman–Crippen MR) is 104 cm³/mol. The summed E-state index contributed by atoms with van der Waals surface area (Å²) in [6.45, 7) is -0.145. The number of benzene rings is 2. The lowest BCUT2D eigenvalue weighted by molar-refractivity contribution is 0.105. The fourth-order valence-corrected chi connectivity index (χ4v) is 2.77. The van der Waals surface area contributed by atoms with Gasteiger partial charge in [-0.3, -0.25) is 0 Å². The second-order valence-corrected chi connectivity index (χ2v) is 6.27. The highest BCUT2D eigenvalue weighted by Gasteiger charge is 2.12. The minimum absolute atomic E-state index is 0.186. The summed E-state index contributed by atoms with van der Waals surface area (Å²) < 4.78 is 6.84. The Labute approximate surface area is 159 Å². The first-order valence-electron chi connectivity index (χ1n) is 8.72. The van der Waals surface area contributed by atoms with Gasteiger partial charge in [0.25, 0.3) is 0 Å². The van der Waals surface area contributed by atoms with Crippen molar-refractivity contribution < 1.29 is 14.6 Å². The molecule has 0 radical (unpaired) electrons. The van der Waals surface area contributed by atoms with Crippen molar-refractivity contribution in [3.8, 4) is 17.1 Å². The molecular formula is C20H18N4O4. The average molecular weight is 378 g/mol. The minimum atomic E-state index is -0.865. The largest absolute Gasteiger partial charge is 0.421 e. The summed E-state index contributed by atoms with van der Waals surface area (Å²) in [5.74, 6) is 0.516. The van der Waals surface area contributed by atoms with Crippen molar-refractivity contribution in [3.05, 3.63) is 71.3 Å². The molecule has 0 fully saturated rings. The number of aromatic nitrogens is 3. The van der Waals surface area contributed by atoms with E-state index in [0.717, 1.165) is 10.9 Å². The van der Waals surface area contributed by atoms with Crippen LogP contribution in [0.4, 0.5) is 5.69 Å². The monoisotopic (exact) mass is 378 g/mol. The number of hydrogen-bond acceptors (Lipinski definition) is 7. The molecule has 4 aromatic rings. The van der Waals surface area contributed by atoms with Crippen LogP contribution in [-0.4, -0.2) is 44.2 Å². The van der Waals surface area contributed by atoms with Gasteiger partial charge in [-0.15, -0.1) is 5.10 Å². The Hall–Kier alpha value is -3.49. The fourth-order valence-electron chi connectivity index (χ4n) is 2.77. The van der Waals surface area contributed by atoms with E-state index in [1.165, 1.54) is 11.0 Å². The summed E-state index contributed by atoms with van der Waals surface area (Å²) >= 11 is 0. The van der Waals surface area contributed by atoms with Crippen LogP contribution in [0.3, 0.4) is 0 Å². The Morgan fingerprint density at radius 2 is 1.96 bits per heavy atom. The molecule has 8 nitrogen and oxygen atoms in total. The van der Waals surface area contributed by atoms with Crippen LogP contribution >= 0.6 is 0 Å². The molecule has 0 aliphatic heterocycles. The van der Waals surface area contributed by atoms with E-state index < -0.39 is 11.7 Å². The number of hydrogen-bond donors (Lipinski definition) is 3. The summed E-state index contributed by atoms with van der Waals surface area (Å²) in [7, 11) is 0. The molecule has 2 aromatic heterocycles. The van der Waals surface area contributed by atoms with Crippen LogP contribution in [0, 0.1) is 0 Å². The van der Waals surface area contributed by atoms with E-state index in [9.17, 15) is 9.90 Å². The molecule has 0 saturated heterocycles. The normalized spacial score (nSPS) is 12.2.